The summed E-state index contributed by atoms with van der Waals surface area (Å²) in [5.41, 5.74) is 0. The van der Waals surface area contributed by atoms with E-state index in [-0.39, 0.29) is 6.61 Å². The minimum absolute atomic E-state index is 0.387. The van der Waals surface area contributed by atoms with Gasteiger partial charge >= 0.3 is 0 Å². The van der Waals surface area contributed by atoms with Crippen LogP contribution in [-0.2, 0) is 4.74 Å². The molecule has 5 heteroatoms. The summed E-state index contributed by atoms with van der Waals surface area (Å²) in [6.45, 7) is 0.611. The maximum absolute atomic E-state index is 9.09. The van der Waals surface area contributed by atoms with Crippen molar-refractivity contribution in [2.24, 2.45) is 0 Å². The third kappa shape index (κ3) is 1.69. The Hall–Kier alpha value is -0.200. The molecule has 0 aromatic rings. The van der Waals surface area contributed by atoms with E-state index in [9.17, 15) is 0 Å². The Morgan fingerprint density at radius 2 is 1.82 bits per heavy atom. The second kappa shape index (κ2) is 3.46. The van der Waals surface area contributed by atoms with Crippen LogP contribution in [-0.4, -0.2) is 51.4 Å². The number of aliphatic hydroxyl groups is 4. The summed E-state index contributed by atoms with van der Waals surface area (Å²) in [5, 5.41) is 35.6. The lowest BCUT2D eigenvalue weighted by Gasteiger charge is -2.33. The third-order valence-electron chi connectivity index (χ3n) is 1.65. The number of ether oxygens (including phenoxy) is 1. The molecule has 1 aliphatic rings. The maximum Gasteiger partial charge on any atom is 0.115 e. The van der Waals surface area contributed by atoms with Gasteiger partial charge < -0.3 is 25.2 Å². The average molecular weight is 163 g/mol. The van der Waals surface area contributed by atoms with Crippen molar-refractivity contribution in [1.29, 1.82) is 0 Å². The molecule has 65 valence electrons. The molecule has 0 aliphatic carbocycles. The normalized spacial score (nSPS) is 45.8. The first-order valence-corrected chi connectivity index (χ1v) is 3.30. The van der Waals surface area contributed by atoms with Gasteiger partial charge in [0.1, 0.15) is 31.0 Å². The van der Waals surface area contributed by atoms with Crippen molar-refractivity contribution in [2.75, 3.05) is 6.61 Å². The molecular formula is C6H11O5. The first-order chi connectivity index (χ1) is 5.16. The summed E-state index contributed by atoms with van der Waals surface area (Å²) in [5.74, 6) is 0. The van der Waals surface area contributed by atoms with E-state index in [0.29, 0.717) is 0 Å². The van der Waals surface area contributed by atoms with Crippen LogP contribution in [0.15, 0.2) is 0 Å². The Balaban J connectivity index is 2.52. The standard InChI is InChI=1S/C6H11O5/c7-1-4-6(10)5(9)3(8)2-11-4/h2-10H,1H2/t3-,4+,5+,6-/m1/s1. The summed E-state index contributed by atoms with van der Waals surface area (Å²) >= 11 is 0. The molecule has 5 nitrogen and oxygen atoms in total. The Kier molecular flexibility index (Phi) is 2.80. The molecule has 0 unspecified atom stereocenters. The Morgan fingerprint density at radius 1 is 1.18 bits per heavy atom. The monoisotopic (exact) mass is 163 g/mol. The van der Waals surface area contributed by atoms with Crippen LogP contribution < -0.4 is 0 Å². The van der Waals surface area contributed by atoms with Gasteiger partial charge in [0.25, 0.3) is 0 Å². The molecule has 0 aromatic carbocycles. The van der Waals surface area contributed by atoms with Crippen molar-refractivity contribution in [1.82, 2.24) is 0 Å². The fourth-order valence-electron chi connectivity index (χ4n) is 0.915. The van der Waals surface area contributed by atoms with E-state index >= 15 is 0 Å². The van der Waals surface area contributed by atoms with Gasteiger partial charge in [0.15, 0.2) is 0 Å². The molecule has 1 heterocycles. The average Bonchev–Trinajstić information content (AvgIpc) is 2.01. The van der Waals surface area contributed by atoms with Gasteiger partial charge in [-0.2, -0.15) is 0 Å². The molecule has 0 aromatic heterocycles. The van der Waals surface area contributed by atoms with E-state index in [1.807, 2.05) is 0 Å². The van der Waals surface area contributed by atoms with Crippen LogP contribution in [0.1, 0.15) is 0 Å². The molecule has 0 spiro atoms. The lowest BCUT2D eigenvalue weighted by Crippen LogP contribution is -2.52. The van der Waals surface area contributed by atoms with E-state index in [4.69, 9.17) is 20.4 Å². The summed E-state index contributed by atoms with van der Waals surface area (Å²) < 4.78 is 4.69. The highest BCUT2D eigenvalue weighted by Gasteiger charge is 2.37. The molecular weight excluding hydrogens is 152 g/mol. The van der Waals surface area contributed by atoms with Gasteiger partial charge in [-0.3, -0.25) is 0 Å². The molecule has 1 radical (unpaired) electrons. The first-order valence-electron chi connectivity index (χ1n) is 3.30. The quantitative estimate of drug-likeness (QED) is 0.346. The molecule has 0 amide bonds. The largest absolute Gasteiger partial charge is 0.394 e. The summed E-state index contributed by atoms with van der Waals surface area (Å²) in [7, 11) is 0. The van der Waals surface area contributed by atoms with E-state index in [0.717, 1.165) is 6.61 Å². The van der Waals surface area contributed by atoms with Crippen LogP contribution in [0.25, 0.3) is 0 Å². The van der Waals surface area contributed by atoms with Crippen molar-refractivity contribution in [3.05, 3.63) is 6.61 Å². The highest BCUT2D eigenvalue weighted by molar-refractivity contribution is 4.91. The number of rotatable bonds is 1. The zero-order valence-electron chi connectivity index (χ0n) is 5.79. The van der Waals surface area contributed by atoms with Gasteiger partial charge in [-0.25, -0.2) is 0 Å². The lowest BCUT2D eigenvalue weighted by molar-refractivity contribution is -0.169. The Morgan fingerprint density at radius 3 is 2.36 bits per heavy atom. The molecule has 11 heavy (non-hydrogen) atoms. The van der Waals surface area contributed by atoms with Gasteiger partial charge in [-0.05, 0) is 0 Å². The zero-order valence-corrected chi connectivity index (χ0v) is 5.79. The molecule has 1 rings (SSSR count). The minimum Gasteiger partial charge on any atom is -0.394 e. The molecule has 1 fully saturated rings. The second-order valence-corrected chi connectivity index (χ2v) is 2.46. The van der Waals surface area contributed by atoms with Gasteiger partial charge in [-0.1, -0.05) is 0 Å². The van der Waals surface area contributed by atoms with E-state index in [2.05, 4.69) is 4.74 Å². The van der Waals surface area contributed by atoms with Crippen LogP contribution in [0.3, 0.4) is 0 Å². The van der Waals surface area contributed by atoms with Gasteiger partial charge in [0.05, 0.1) is 6.61 Å². The van der Waals surface area contributed by atoms with E-state index in [1.165, 1.54) is 0 Å². The van der Waals surface area contributed by atoms with Crippen molar-refractivity contribution in [3.63, 3.8) is 0 Å². The highest BCUT2D eigenvalue weighted by atomic mass is 16.5. The van der Waals surface area contributed by atoms with E-state index in [1.54, 1.807) is 0 Å². The van der Waals surface area contributed by atoms with Gasteiger partial charge in [0.2, 0.25) is 0 Å². The fraction of sp³-hybridized carbons (Fsp3) is 0.833. The van der Waals surface area contributed by atoms with Gasteiger partial charge in [0, 0.05) is 0 Å². The molecule has 4 atom stereocenters. The van der Waals surface area contributed by atoms with Crippen molar-refractivity contribution >= 4 is 0 Å². The predicted octanol–water partition coefficient (Wildman–Crippen LogP) is -2.38. The summed E-state index contributed by atoms with van der Waals surface area (Å²) in [4.78, 5) is 0. The lowest BCUT2D eigenvalue weighted by atomic mass is 10.0. The molecule has 4 N–H and O–H groups in total. The van der Waals surface area contributed by atoms with Crippen molar-refractivity contribution in [3.8, 4) is 0 Å². The van der Waals surface area contributed by atoms with Crippen molar-refractivity contribution < 1.29 is 25.2 Å². The SMILES string of the molecule is OC[C@@H]1O[CH][C@@H](O)[C@H](O)[C@@H]1O. The first kappa shape index (κ1) is 8.89. The molecule has 0 bridgehead atoms. The number of hydrogen-bond acceptors (Lipinski definition) is 5. The zero-order chi connectivity index (χ0) is 8.43. The second-order valence-electron chi connectivity index (χ2n) is 2.46. The van der Waals surface area contributed by atoms with Crippen LogP contribution in [0, 0.1) is 6.61 Å². The Bertz CT molecular complexity index is 126. The maximum atomic E-state index is 9.09. The number of aliphatic hydroxyl groups excluding tert-OH is 4. The van der Waals surface area contributed by atoms with Crippen LogP contribution in [0.4, 0.5) is 0 Å². The minimum atomic E-state index is -1.28. The highest BCUT2D eigenvalue weighted by Crippen LogP contribution is 2.17. The summed E-state index contributed by atoms with van der Waals surface area (Å²) in [6.07, 6.45) is -4.54. The predicted molar refractivity (Wildman–Crippen MR) is 34.3 cm³/mol. The van der Waals surface area contributed by atoms with Gasteiger partial charge in [-0.15, -0.1) is 0 Å². The van der Waals surface area contributed by atoms with Crippen LogP contribution >= 0.6 is 0 Å². The molecule has 1 aliphatic heterocycles. The summed E-state index contributed by atoms with van der Waals surface area (Å²) in [6, 6.07) is 0. The third-order valence-corrected chi connectivity index (χ3v) is 1.65. The smallest absolute Gasteiger partial charge is 0.115 e. The topological polar surface area (TPSA) is 90.2 Å². The molecule has 0 saturated carbocycles. The number of hydrogen-bond donors (Lipinski definition) is 4. The van der Waals surface area contributed by atoms with Crippen molar-refractivity contribution in [2.45, 2.75) is 24.4 Å². The Labute approximate surface area is 63.8 Å². The van der Waals surface area contributed by atoms with Crippen LogP contribution in [0.2, 0.25) is 0 Å². The molecule has 1 saturated heterocycles. The van der Waals surface area contributed by atoms with Crippen LogP contribution in [0.5, 0.6) is 0 Å². The van der Waals surface area contributed by atoms with E-state index < -0.39 is 24.4 Å². The fourth-order valence-corrected chi connectivity index (χ4v) is 0.915.